The van der Waals surface area contributed by atoms with E-state index in [9.17, 15) is 4.79 Å². The van der Waals surface area contributed by atoms with Crippen molar-refractivity contribution < 1.29 is 9.32 Å². The van der Waals surface area contributed by atoms with Gasteiger partial charge in [-0.3, -0.25) is 4.79 Å². The molecule has 0 aliphatic carbocycles. The van der Waals surface area contributed by atoms with Crippen molar-refractivity contribution in [2.45, 2.75) is 40.0 Å². The van der Waals surface area contributed by atoms with Gasteiger partial charge in [-0.2, -0.15) is 0 Å². The van der Waals surface area contributed by atoms with Crippen LogP contribution in [0.2, 0.25) is 0 Å². The van der Waals surface area contributed by atoms with Gasteiger partial charge < -0.3 is 15.2 Å². The Kier molecular flexibility index (Phi) is 3.88. The Morgan fingerprint density at radius 3 is 2.87 bits per heavy atom. The minimum absolute atomic E-state index is 0.00632. The lowest BCUT2D eigenvalue weighted by Crippen LogP contribution is -2.34. The number of fused-ring (bicyclic) bond motifs is 1. The Labute approximate surface area is 136 Å². The molecule has 0 bridgehead atoms. The van der Waals surface area contributed by atoms with Crippen molar-refractivity contribution in [2.75, 3.05) is 19.6 Å². The maximum absolute atomic E-state index is 13.1. The smallest absolute Gasteiger partial charge is 0.259 e. The zero-order valence-corrected chi connectivity index (χ0v) is 14.2. The summed E-state index contributed by atoms with van der Waals surface area (Å²) in [5.41, 5.74) is 8.49. The molecule has 6 heteroatoms. The van der Waals surface area contributed by atoms with Crippen molar-refractivity contribution in [1.82, 2.24) is 15.0 Å². The molecule has 1 unspecified atom stereocenters. The number of aryl methyl sites for hydroxylation is 1. The number of nitrogens with zero attached hydrogens (tertiary/aromatic N) is 3. The first-order chi connectivity index (χ1) is 10.8. The van der Waals surface area contributed by atoms with Crippen LogP contribution in [0, 0.1) is 12.3 Å². The van der Waals surface area contributed by atoms with E-state index in [4.69, 9.17) is 10.3 Å². The quantitative estimate of drug-likeness (QED) is 0.940. The average Bonchev–Trinajstić information content (AvgIpc) is 3.10. The molecule has 2 aromatic rings. The number of aromatic nitrogens is 2. The fourth-order valence-corrected chi connectivity index (χ4v) is 3.19. The molecule has 23 heavy (non-hydrogen) atoms. The van der Waals surface area contributed by atoms with Gasteiger partial charge in [-0.05, 0) is 37.3 Å². The highest BCUT2D eigenvalue weighted by Crippen LogP contribution is 2.32. The van der Waals surface area contributed by atoms with Crippen LogP contribution in [0.4, 0.5) is 0 Å². The SMILES string of the molecule is Cc1cc(C(=O)N2CCC(C)(CN)C2)c2c(C(C)C)noc2n1. The van der Waals surface area contributed by atoms with E-state index in [-0.39, 0.29) is 17.2 Å². The van der Waals surface area contributed by atoms with E-state index in [1.54, 1.807) is 0 Å². The highest BCUT2D eigenvalue weighted by molar-refractivity contribution is 6.06. The average molecular weight is 316 g/mol. The van der Waals surface area contributed by atoms with Gasteiger partial charge in [0, 0.05) is 18.8 Å². The van der Waals surface area contributed by atoms with Gasteiger partial charge in [-0.25, -0.2) is 4.98 Å². The maximum atomic E-state index is 13.1. The molecule has 124 valence electrons. The van der Waals surface area contributed by atoms with Gasteiger partial charge in [-0.15, -0.1) is 0 Å². The summed E-state index contributed by atoms with van der Waals surface area (Å²) >= 11 is 0. The Hall–Kier alpha value is -1.95. The lowest BCUT2D eigenvalue weighted by molar-refractivity contribution is 0.0778. The van der Waals surface area contributed by atoms with E-state index in [0.717, 1.165) is 29.7 Å². The molecule has 0 radical (unpaired) electrons. The topological polar surface area (TPSA) is 85.2 Å². The Morgan fingerprint density at radius 1 is 1.52 bits per heavy atom. The summed E-state index contributed by atoms with van der Waals surface area (Å²) in [5.74, 6) is 0.183. The number of hydrogen-bond acceptors (Lipinski definition) is 5. The summed E-state index contributed by atoms with van der Waals surface area (Å²) in [6, 6.07) is 1.84. The van der Waals surface area contributed by atoms with Gasteiger partial charge in [-0.1, -0.05) is 25.9 Å². The zero-order chi connectivity index (χ0) is 16.8. The van der Waals surface area contributed by atoms with E-state index in [1.807, 2.05) is 31.7 Å². The van der Waals surface area contributed by atoms with Crippen molar-refractivity contribution >= 4 is 17.0 Å². The zero-order valence-electron chi connectivity index (χ0n) is 14.2. The molecule has 3 rings (SSSR count). The van der Waals surface area contributed by atoms with Gasteiger partial charge in [0.1, 0.15) is 0 Å². The van der Waals surface area contributed by atoms with E-state index >= 15 is 0 Å². The molecular weight excluding hydrogens is 292 g/mol. The van der Waals surface area contributed by atoms with E-state index < -0.39 is 0 Å². The van der Waals surface area contributed by atoms with Gasteiger partial charge in [0.05, 0.1) is 16.6 Å². The van der Waals surface area contributed by atoms with E-state index in [2.05, 4.69) is 17.1 Å². The molecule has 1 atom stereocenters. The molecule has 2 aromatic heterocycles. The first-order valence-corrected chi connectivity index (χ1v) is 8.11. The lowest BCUT2D eigenvalue weighted by atomic mass is 9.90. The second-order valence-electron chi connectivity index (χ2n) is 7.21. The monoisotopic (exact) mass is 316 g/mol. The second-order valence-corrected chi connectivity index (χ2v) is 7.21. The van der Waals surface area contributed by atoms with Crippen LogP contribution in [0.25, 0.3) is 11.1 Å². The van der Waals surface area contributed by atoms with E-state index in [1.165, 1.54) is 0 Å². The molecule has 3 heterocycles. The fourth-order valence-electron chi connectivity index (χ4n) is 3.19. The lowest BCUT2D eigenvalue weighted by Gasteiger charge is -2.23. The van der Waals surface area contributed by atoms with Crippen LogP contribution in [-0.4, -0.2) is 40.6 Å². The van der Waals surface area contributed by atoms with Gasteiger partial charge in [0.2, 0.25) is 0 Å². The van der Waals surface area contributed by atoms with Crippen molar-refractivity contribution in [2.24, 2.45) is 11.1 Å². The largest absolute Gasteiger partial charge is 0.338 e. The van der Waals surface area contributed by atoms with Crippen molar-refractivity contribution in [1.29, 1.82) is 0 Å². The highest BCUT2D eigenvalue weighted by atomic mass is 16.5. The molecule has 1 aliphatic rings. The van der Waals surface area contributed by atoms with Crippen LogP contribution < -0.4 is 5.73 Å². The molecule has 0 aromatic carbocycles. The van der Waals surface area contributed by atoms with E-state index in [0.29, 0.717) is 24.4 Å². The summed E-state index contributed by atoms with van der Waals surface area (Å²) in [4.78, 5) is 19.3. The number of pyridine rings is 1. The number of rotatable bonds is 3. The first kappa shape index (κ1) is 15.9. The Bertz CT molecular complexity index is 752. The molecule has 1 aliphatic heterocycles. The second kappa shape index (κ2) is 5.60. The number of likely N-dealkylation sites (tertiary alicyclic amines) is 1. The first-order valence-electron chi connectivity index (χ1n) is 8.11. The standard InChI is InChI=1S/C17H24N4O2/c1-10(2)14-13-12(7-11(3)19-15(13)23-20-14)16(22)21-6-5-17(4,8-18)9-21/h7,10H,5-6,8-9,18H2,1-4H3. The van der Waals surface area contributed by atoms with Gasteiger partial charge in [0.25, 0.3) is 11.6 Å². The predicted octanol–water partition coefficient (Wildman–Crippen LogP) is 2.47. The van der Waals surface area contributed by atoms with Crippen molar-refractivity contribution in [3.05, 3.63) is 23.0 Å². The predicted molar refractivity (Wildman–Crippen MR) is 88.3 cm³/mol. The third kappa shape index (κ3) is 2.72. The Balaban J connectivity index is 2.05. The summed E-state index contributed by atoms with van der Waals surface area (Å²) < 4.78 is 5.35. The van der Waals surface area contributed by atoms with Gasteiger partial charge in [0.15, 0.2) is 0 Å². The van der Waals surface area contributed by atoms with Crippen LogP contribution in [-0.2, 0) is 0 Å². The number of amides is 1. The van der Waals surface area contributed by atoms with Crippen LogP contribution >= 0.6 is 0 Å². The van der Waals surface area contributed by atoms with Crippen LogP contribution in [0.3, 0.4) is 0 Å². The van der Waals surface area contributed by atoms with Crippen molar-refractivity contribution in [3.63, 3.8) is 0 Å². The fraction of sp³-hybridized carbons (Fsp3) is 0.588. The maximum Gasteiger partial charge on any atom is 0.259 e. The van der Waals surface area contributed by atoms with Crippen LogP contribution in [0.1, 0.15) is 54.9 Å². The molecule has 6 nitrogen and oxygen atoms in total. The summed E-state index contributed by atoms with van der Waals surface area (Å²) in [7, 11) is 0. The number of hydrogen-bond donors (Lipinski definition) is 1. The highest BCUT2D eigenvalue weighted by Gasteiger charge is 2.36. The van der Waals surface area contributed by atoms with Gasteiger partial charge >= 0.3 is 0 Å². The molecule has 0 spiro atoms. The number of carbonyl (C=O) groups excluding carboxylic acids is 1. The summed E-state index contributed by atoms with van der Waals surface area (Å²) in [5, 5.41) is 4.87. The molecule has 2 N–H and O–H groups in total. The molecule has 1 fully saturated rings. The van der Waals surface area contributed by atoms with Crippen molar-refractivity contribution in [3.8, 4) is 0 Å². The molecule has 1 amide bonds. The number of carbonyl (C=O) groups is 1. The van der Waals surface area contributed by atoms with Crippen LogP contribution in [0.5, 0.6) is 0 Å². The molecule has 1 saturated heterocycles. The number of nitrogens with two attached hydrogens (primary N) is 1. The Morgan fingerprint density at radius 2 is 2.26 bits per heavy atom. The minimum Gasteiger partial charge on any atom is -0.338 e. The third-order valence-electron chi connectivity index (χ3n) is 4.72. The third-order valence-corrected chi connectivity index (χ3v) is 4.72. The summed E-state index contributed by atoms with van der Waals surface area (Å²) in [6.45, 7) is 10.1. The molecular formula is C17H24N4O2. The minimum atomic E-state index is 0.00632. The summed E-state index contributed by atoms with van der Waals surface area (Å²) in [6.07, 6.45) is 0.934. The normalized spacial score (nSPS) is 21.6. The molecule has 0 saturated carbocycles. The van der Waals surface area contributed by atoms with Crippen LogP contribution in [0.15, 0.2) is 10.6 Å².